The van der Waals surface area contributed by atoms with Gasteiger partial charge in [0, 0.05) is 20.1 Å². The van der Waals surface area contributed by atoms with Crippen LogP contribution in [0.5, 0.6) is 0 Å². The number of hydrogen-bond donors (Lipinski definition) is 2. The van der Waals surface area contributed by atoms with Gasteiger partial charge in [-0.2, -0.15) is 4.31 Å². The molecule has 9 nitrogen and oxygen atoms in total. The molecule has 0 radical (unpaired) electrons. The van der Waals surface area contributed by atoms with Crippen molar-refractivity contribution in [3.8, 4) is 0 Å². The predicted molar refractivity (Wildman–Crippen MR) is 96.5 cm³/mol. The van der Waals surface area contributed by atoms with E-state index in [-0.39, 0.29) is 10.5 Å². The molecule has 0 aromatic heterocycles. The van der Waals surface area contributed by atoms with Gasteiger partial charge >= 0.3 is 12.0 Å². The Hall–Kier alpha value is -2.46. The van der Waals surface area contributed by atoms with E-state index in [0.717, 1.165) is 19.3 Å². The lowest BCUT2D eigenvalue weighted by molar-refractivity contribution is -0.127. The van der Waals surface area contributed by atoms with Gasteiger partial charge in [0.1, 0.15) is 0 Å². The lowest BCUT2D eigenvalue weighted by Crippen LogP contribution is -2.43. The number of imide groups is 1. The third-order valence-electron chi connectivity index (χ3n) is 4.16. The van der Waals surface area contributed by atoms with Crippen molar-refractivity contribution >= 4 is 27.9 Å². The van der Waals surface area contributed by atoms with E-state index in [1.807, 2.05) is 5.32 Å². The number of nitrogens with zero attached hydrogens (tertiary/aromatic N) is 1. The summed E-state index contributed by atoms with van der Waals surface area (Å²) in [5.41, 5.74) is -0.150. The maximum absolute atomic E-state index is 12.9. The van der Waals surface area contributed by atoms with Crippen molar-refractivity contribution in [1.29, 1.82) is 0 Å². The maximum atomic E-state index is 12.9. The van der Waals surface area contributed by atoms with Crippen molar-refractivity contribution in [2.45, 2.75) is 37.2 Å². The van der Waals surface area contributed by atoms with Gasteiger partial charge in [0.25, 0.3) is 5.91 Å². The van der Waals surface area contributed by atoms with Crippen molar-refractivity contribution in [2.24, 2.45) is 0 Å². The number of rotatable bonds is 5. The molecule has 148 valence electrons. The van der Waals surface area contributed by atoms with E-state index in [1.54, 1.807) is 0 Å². The van der Waals surface area contributed by atoms with Gasteiger partial charge in [-0.1, -0.05) is 18.6 Å². The summed E-state index contributed by atoms with van der Waals surface area (Å²) in [6.07, 6.45) is 1.22. The van der Waals surface area contributed by atoms with Crippen molar-refractivity contribution in [2.75, 3.05) is 20.1 Å². The highest BCUT2D eigenvalue weighted by molar-refractivity contribution is 7.89. The SMILES string of the molecule is CNC(=O)NC(=O)[C@@H](C)OC(=O)c1ccccc1S(=O)(=O)N1CCCCC1. The van der Waals surface area contributed by atoms with E-state index in [9.17, 15) is 22.8 Å². The fraction of sp³-hybridized carbons (Fsp3) is 0.471. The molecule has 1 aromatic rings. The average molecular weight is 397 g/mol. The minimum atomic E-state index is -3.85. The third kappa shape index (κ3) is 5.04. The number of esters is 1. The number of piperidine rings is 1. The van der Waals surface area contributed by atoms with Crippen LogP contribution < -0.4 is 10.6 Å². The highest BCUT2D eigenvalue weighted by Crippen LogP contribution is 2.24. The smallest absolute Gasteiger partial charge is 0.340 e. The summed E-state index contributed by atoms with van der Waals surface area (Å²) in [6, 6.07) is 4.98. The summed E-state index contributed by atoms with van der Waals surface area (Å²) < 4.78 is 32.2. The summed E-state index contributed by atoms with van der Waals surface area (Å²) >= 11 is 0. The van der Waals surface area contributed by atoms with E-state index >= 15 is 0 Å². The second kappa shape index (κ2) is 8.96. The van der Waals surface area contributed by atoms with Crippen LogP contribution >= 0.6 is 0 Å². The van der Waals surface area contributed by atoms with E-state index in [4.69, 9.17) is 4.74 Å². The molecular weight excluding hydrogens is 374 g/mol. The second-order valence-corrected chi connectivity index (χ2v) is 7.98. The molecule has 0 unspecified atom stereocenters. The summed E-state index contributed by atoms with van der Waals surface area (Å²) in [4.78, 5) is 35.3. The quantitative estimate of drug-likeness (QED) is 0.711. The van der Waals surface area contributed by atoms with Crippen LogP contribution in [0.2, 0.25) is 0 Å². The molecule has 0 bridgehead atoms. The fourth-order valence-electron chi connectivity index (χ4n) is 2.66. The number of amides is 3. The number of carbonyl (C=O) groups excluding carboxylic acids is 3. The molecular formula is C17H23N3O6S. The van der Waals surface area contributed by atoms with Crippen molar-refractivity contribution < 1.29 is 27.5 Å². The van der Waals surface area contributed by atoms with E-state index in [2.05, 4.69) is 5.32 Å². The third-order valence-corrected chi connectivity index (χ3v) is 6.11. The van der Waals surface area contributed by atoms with E-state index < -0.39 is 34.0 Å². The summed E-state index contributed by atoms with van der Waals surface area (Å²) in [5, 5.41) is 4.19. The Labute approximate surface area is 158 Å². The lowest BCUT2D eigenvalue weighted by Gasteiger charge is -2.26. The molecule has 10 heteroatoms. The van der Waals surface area contributed by atoms with E-state index in [1.165, 1.54) is 42.5 Å². The van der Waals surface area contributed by atoms with Crippen LogP contribution in [0.15, 0.2) is 29.2 Å². The summed E-state index contributed by atoms with van der Waals surface area (Å²) in [6.45, 7) is 2.09. The zero-order chi connectivity index (χ0) is 20.0. The molecule has 1 heterocycles. The fourth-order valence-corrected chi connectivity index (χ4v) is 4.36. The molecule has 27 heavy (non-hydrogen) atoms. The standard InChI is InChI=1S/C17H23N3O6S/c1-12(15(21)19-17(23)18-2)26-16(22)13-8-4-5-9-14(13)27(24,25)20-10-6-3-7-11-20/h4-5,8-9,12H,3,6-7,10-11H2,1-2H3,(H2,18,19,21,23)/t12-/m1/s1. The molecule has 1 saturated heterocycles. The highest BCUT2D eigenvalue weighted by Gasteiger charge is 2.31. The molecule has 0 aliphatic carbocycles. The molecule has 1 atom stereocenters. The molecule has 0 spiro atoms. The molecule has 1 aromatic carbocycles. The molecule has 0 saturated carbocycles. The van der Waals surface area contributed by atoms with Gasteiger partial charge in [0.15, 0.2) is 6.10 Å². The first kappa shape index (κ1) is 20.8. The first-order chi connectivity index (χ1) is 12.8. The largest absolute Gasteiger partial charge is 0.449 e. The van der Waals surface area contributed by atoms with Gasteiger partial charge in [0.05, 0.1) is 10.5 Å². The van der Waals surface area contributed by atoms with Crippen LogP contribution in [-0.4, -0.2) is 56.9 Å². The Morgan fingerprint density at radius 2 is 1.74 bits per heavy atom. The van der Waals surface area contributed by atoms with Gasteiger partial charge in [-0.25, -0.2) is 18.0 Å². The summed E-state index contributed by atoms with van der Waals surface area (Å²) in [5.74, 6) is -1.77. The van der Waals surface area contributed by atoms with Crippen LogP contribution in [0.3, 0.4) is 0 Å². The van der Waals surface area contributed by atoms with Crippen molar-refractivity contribution in [1.82, 2.24) is 14.9 Å². The lowest BCUT2D eigenvalue weighted by atomic mass is 10.2. The number of ether oxygens (including phenoxy) is 1. The minimum Gasteiger partial charge on any atom is -0.449 e. The molecule has 3 amide bonds. The normalized spacial score (nSPS) is 16.2. The van der Waals surface area contributed by atoms with Gasteiger partial charge in [0.2, 0.25) is 10.0 Å². The van der Waals surface area contributed by atoms with Crippen LogP contribution in [-0.2, 0) is 19.6 Å². The number of carbonyl (C=O) groups is 3. The molecule has 2 rings (SSSR count). The van der Waals surface area contributed by atoms with Crippen LogP contribution in [0.4, 0.5) is 4.79 Å². The number of hydrogen-bond acceptors (Lipinski definition) is 6. The number of benzene rings is 1. The van der Waals surface area contributed by atoms with E-state index in [0.29, 0.717) is 13.1 Å². The van der Waals surface area contributed by atoms with Gasteiger partial charge in [-0.15, -0.1) is 0 Å². The number of sulfonamides is 1. The van der Waals surface area contributed by atoms with Gasteiger partial charge < -0.3 is 10.1 Å². The number of nitrogens with one attached hydrogen (secondary N) is 2. The topological polar surface area (TPSA) is 122 Å². The highest BCUT2D eigenvalue weighted by atomic mass is 32.2. The Kier molecular flexibility index (Phi) is 6.92. The zero-order valence-corrected chi connectivity index (χ0v) is 16.0. The van der Waals surface area contributed by atoms with Crippen molar-refractivity contribution in [3.05, 3.63) is 29.8 Å². The Morgan fingerprint density at radius 1 is 1.11 bits per heavy atom. The van der Waals surface area contributed by atoms with Crippen LogP contribution in [0.25, 0.3) is 0 Å². The summed E-state index contributed by atoms with van der Waals surface area (Å²) in [7, 11) is -2.51. The Morgan fingerprint density at radius 3 is 2.37 bits per heavy atom. The number of urea groups is 1. The van der Waals surface area contributed by atoms with Gasteiger partial charge in [-0.3, -0.25) is 10.1 Å². The van der Waals surface area contributed by atoms with Crippen LogP contribution in [0, 0.1) is 0 Å². The Bertz CT molecular complexity index is 818. The molecule has 1 aliphatic heterocycles. The molecule has 1 aliphatic rings. The second-order valence-electron chi connectivity index (χ2n) is 6.08. The molecule has 1 fully saturated rings. The van der Waals surface area contributed by atoms with Gasteiger partial charge in [-0.05, 0) is 31.9 Å². The van der Waals surface area contributed by atoms with Crippen LogP contribution in [0.1, 0.15) is 36.5 Å². The monoisotopic (exact) mass is 397 g/mol. The zero-order valence-electron chi connectivity index (χ0n) is 15.2. The van der Waals surface area contributed by atoms with Crippen molar-refractivity contribution in [3.63, 3.8) is 0 Å². The maximum Gasteiger partial charge on any atom is 0.340 e. The minimum absolute atomic E-state index is 0.150. The molecule has 2 N–H and O–H groups in total. The Balaban J connectivity index is 2.20. The predicted octanol–water partition coefficient (Wildman–Crippen LogP) is 0.862. The average Bonchev–Trinajstić information content (AvgIpc) is 2.68. The first-order valence-electron chi connectivity index (χ1n) is 8.60. The first-order valence-corrected chi connectivity index (χ1v) is 10.0.